The summed E-state index contributed by atoms with van der Waals surface area (Å²) in [5.74, 6) is -0.278. The van der Waals surface area contributed by atoms with Crippen molar-refractivity contribution in [2.45, 2.75) is 20.3 Å². The molecule has 2 heterocycles. The van der Waals surface area contributed by atoms with E-state index < -0.39 is 30.3 Å². The lowest BCUT2D eigenvalue weighted by Gasteiger charge is -2.29. The summed E-state index contributed by atoms with van der Waals surface area (Å²) in [6.45, 7) is 3.65. The summed E-state index contributed by atoms with van der Waals surface area (Å²) in [5.41, 5.74) is 1.17. The molecule has 2 aliphatic heterocycles. The molecule has 0 spiro atoms. The monoisotopic (exact) mass is 443 g/mol. The van der Waals surface area contributed by atoms with Crippen LogP contribution in [0.5, 0.6) is 11.5 Å². The van der Waals surface area contributed by atoms with Crippen LogP contribution < -0.4 is 14.8 Å². The molecule has 1 atom stereocenters. The average Bonchev–Trinajstić information content (AvgIpc) is 2.80. The van der Waals surface area contributed by atoms with Gasteiger partial charge < -0.3 is 19.5 Å². The zero-order valence-corrected chi connectivity index (χ0v) is 18.8. The number of carbonyl (C=O) groups is 3. The van der Waals surface area contributed by atoms with Crippen molar-refractivity contribution in [1.82, 2.24) is 4.90 Å². The first-order valence-electron chi connectivity index (χ1n) is 10.2. The number of fused-ring (bicyclic) bond motifs is 1. The maximum absolute atomic E-state index is 13.3. The Morgan fingerprint density at radius 2 is 1.97 bits per heavy atom. The van der Waals surface area contributed by atoms with Gasteiger partial charge in [-0.3, -0.25) is 9.59 Å². The molecule has 0 radical (unpaired) electrons. The SMILES string of the molecule is CCOC1=C(CC)C=NC2=[N+](C)C(=O)N(CC(=O)Nc3ccc(OC)cc3OC)C(=O)C12. The van der Waals surface area contributed by atoms with Crippen LogP contribution in [-0.2, 0) is 14.3 Å². The van der Waals surface area contributed by atoms with E-state index in [1.54, 1.807) is 24.4 Å². The standard InChI is InChI=1S/C22H26N4O6/c1-6-13-11-23-20-18(19(13)32-7-2)21(28)26(22(29)25(20)3)12-17(27)24-15-9-8-14(30-4)10-16(15)31-5/h8-11,18H,6-7,12H2,1-5H3/p+1. The molecule has 0 bridgehead atoms. The van der Waals surface area contributed by atoms with Crippen LogP contribution >= 0.6 is 0 Å². The fourth-order valence-electron chi connectivity index (χ4n) is 3.59. The molecule has 0 saturated carbocycles. The molecule has 10 heteroatoms. The summed E-state index contributed by atoms with van der Waals surface area (Å²) < 4.78 is 17.5. The highest BCUT2D eigenvalue weighted by atomic mass is 16.5. The number of nitrogens with one attached hydrogen (secondary N) is 1. The van der Waals surface area contributed by atoms with Gasteiger partial charge in [0.2, 0.25) is 0 Å². The van der Waals surface area contributed by atoms with Crippen LogP contribution in [0.3, 0.4) is 0 Å². The van der Waals surface area contributed by atoms with E-state index in [-0.39, 0.29) is 5.84 Å². The third-order valence-corrected chi connectivity index (χ3v) is 5.23. The van der Waals surface area contributed by atoms with Crippen LogP contribution in [0.25, 0.3) is 0 Å². The number of dihydropyridines is 1. The van der Waals surface area contributed by atoms with Crippen molar-refractivity contribution >= 4 is 35.6 Å². The Kier molecular flexibility index (Phi) is 6.92. The van der Waals surface area contributed by atoms with Gasteiger partial charge in [0.1, 0.15) is 23.5 Å². The van der Waals surface area contributed by atoms with Gasteiger partial charge in [0, 0.05) is 11.6 Å². The Balaban J connectivity index is 1.87. The number of anilines is 1. The molecule has 170 valence electrons. The zero-order valence-electron chi connectivity index (χ0n) is 18.8. The second-order valence-electron chi connectivity index (χ2n) is 7.11. The number of hydrogen-bond donors (Lipinski definition) is 1. The summed E-state index contributed by atoms with van der Waals surface area (Å²) in [6, 6.07) is 4.27. The van der Waals surface area contributed by atoms with Crippen LogP contribution in [-0.4, -0.2) is 73.8 Å². The lowest BCUT2D eigenvalue weighted by molar-refractivity contribution is -0.408. The molecule has 10 nitrogen and oxygen atoms in total. The molecule has 4 amide bonds. The summed E-state index contributed by atoms with van der Waals surface area (Å²) in [4.78, 5) is 44.1. The molecule has 0 aromatic heterocycles. The van der Waals surface area contributed by atoms with Gasteiger partial charge in [0.05, 0.1) is 33.6 Å². The van der Waals surface area contributed by atoms with Crippen molar-refractivity contribution in [2.75, 3.05) is 39.7 Å². The summed E-state index contributed by atoms with van der Waals surface area (Å²) in [7, 11) is 4.50. The van der Waals surface area contributed by atoms with E-state index >= 15 is 0 Å². The predicted octanol–water partition coefficient (Wildman–Crippen LogP) is 2.05. The first-order valence-corrected chi connectivity index (χ1v) is 10.2. The first-order chi connectivity index (χ1) is 15.4. The lowest BCUT2D eigenvalue weighted by atomic mass is 9.94. The van der Waals surface area contributed by atoms with Gasteiger partial charge in [-0.2, -0.15) is 9.48 Å². The molecule has 1 aromatic carbocycles. The first kappa shape index (κ1) is 23.0. The molecule has 0 aliphatic carbocycles. The van der Waals surface area contributed by atoms with E-state index in [0.717, 1.165) is 10.5 Å². The van der Waals surface area contributed by atoms with E-state index in [9.17, 15) is 14.4 Å². The van der Waals surface area contributed by atoms with Crippen LogP contribution in [0.4, 0.5) is 10.5 Å². The number of carbonyl (C=O) groups excluding carboxylic acids is 3. The van der Waals surface area contributed by atoms with E-state index in [2.05, 4.69) is 10.3 Å². The number of allylic oxidation sites excluding steroid dienone is 1. The number of imide groups is 1. The smallest absolute Gasteiger partial charge is 0.446 e. The quantitative estimate of drug-likeness (QED) is 0.616. The van der Waals surface area contributed by atoms with Crippen molar-refractivity contribution in [3.8, 4) is 11.5 Å². The molecule has 1 N–H and O–H groups in total. The third kappa shape index (κ3) is 4.20. The number of rotatable bonds is 8. The number of aliphatic imine (C=N–C) groups is 1. The fraction of sp³-hybridized carbons (Fsp3) is 0.409. The highest BCUT2D eigenvalue weighted by Crippen LogP contribution is 2.31. The minimum atomic E-state index is -0.874. The fourth-order valence-corrected chi connectivity index (χ4v) is 3.59. The number of benzene rings is 1. The number of nitrogens with zero attached hydrogens (tertiary/aromatic N) is 3. The number of ether oxygens (including phenoxy) is 3. The van der Waals surface area contributed by atoms with Gasteiger partial charge in [-0.15, -0.1) is 4.99 Å². The van der Waals surface area contributed by atoms with E-state index in [0.29, 0.717) is 36.0 Å². The highest BCUT2D eigenvalue weighted by molar-refractivity contribution is 6.17. The molecule has 0 fully saturated rings. The van der Waals surface area contributed by atoms with E-state index in [4.69, 9.17) is 14.2 Å². The van der Waals surface area contributed by atoms with Crippen LogP contribution in [0.15, 0.2) is 34.5 Å². The van der Waals surface area contributed by atoms with Crippen molar-refractivity contribution < 1.29 is 33.2 Å². The Bertz CT molecular complexity index is 1040. The van der Waals surface area contributed by atoms with Crippen molar-refractivity contribution in [1.29, 1.82) is 0 Å². The average molecular weight is 443 g/mol. The molecule has 1 aromatic rings. The van der Waals surface area contributed by atoms with Gasteiger partial charge in [-0.05, 0) is 25.5 Å². The topological polar surface area (TPSA) is 110 Å². The highest BCUT2D eigenvalue weighted by Gasteiger charge is 2.51. The Labute approximate surface area is 186 Å². The van der Waals surface area contributed by atoms with Crippen molar-refractivity contribution in [3.63, 3.8) is 0 Å². The second-order valence-corrected chi connectivity index (χ2v) is 7.11. The summed E-state index contributed by atoms with van der Waals surface area (Å²) in [6.07, 6.45) is 2.23. The molecule has 1 unspecified atom stereocenters. The Morgan fingerprint density at radius 3 is 2.59 bits per heavy atom. The lowest BCUT2D eigenvalue weighted by Crippen LogP contribution is -2.56. The molecule has 32 heavy (non-hydrogen) atoms. The van der Waals surface area contributed by atoms with Crippen molar-refractivity contribution in [3.05, 3.63) is 29.5 Å². The van der Waals surface area contributed by atoms with Crippen LogP contribution in [0.2, 0.25) is 0 Å². The summed E-state index contributed by atoms with van der Waals surface area (Å²) >= 11 is 0. The molecular weight excluding hydrogens is 416 g/mol. The van der Waals surface area contributed by atoms with Crippen molar-refractivity contribution in [2.24, 2.45) is 10.9 Å². The van der Waals surface area contributed by atoms with Gasteiger partial charge in [-0.25, -0.2) is 4.79 Å². The molecule has 2 aliphatic rings. The molecule has 3 rings (SSSR count). The Hall–Kier alpha value is -3.69. The van der Waals surface area contributed by atoms with Gasteiger partial charge in [0.15, 0.2) is 12.5 Å². The normalized spacial score (nSPS) is 18.0. The van der Waals surface area contributed by atoms with E-state index in [1.165, 1.54) is 25.8 Å². The minimum Gasteiger partial charge on any atom is -0.497 e. The van der Waals surface area contributed by atoms with E-state index in [1.807, 2.05) is 13.8 Å². The van der Waals surface area contributed by atoms with Gasteiger partial charge in [0.25, 0.3) is 11.7 Å². The Morgan fingerprint density at radius 1 is 1.22 bits per heavy atom. The predicted molar refractivity (Wildman–Crippen MR) is 117 cm³/mol. The maximum atomic E-state index is 13.3. The van der Waals surface area contributed by atoms with Gasteiger partial charge in [-0.1, -0.05) is 6.92 Å². The maximum Gasteiger partial charge on any atom is 0.446 e. The number of hydrogen-bond acceptors (Lipinski definition) is 7. The summed E-state index contributed by atoms with van der Waals surface area (Å²) in [5, 5.41) is 2.68. The minimum absolute atomic E-state index is 0.286. The largest absolute Gasteiger partial charge is 0.497 e. The van der Waals surface area contributed by atoms with Gasteiger partial charge >= 0.3 is 11.9 Å². The van der Waals surface area contributed by atoms with Crippen LogP contribution in [0.1, 0.15) is 20.3 Å². The second kappa shape index (κ2) is 9.63. The number of urea groups is 1. The zero-order chi connectivity index (χ0) is 23.4. The number of amides is 4. The third-order valence-electron chi connectivity index (χ3n) is 5.23. The molecular formula is C22H27N4O6+. The molecule has 0 saturated heterocycles. The van der Waals surface area contributed by atoms with Crippen LogP contribution in [0, 0.1) is 5.92 Å². The number of methoxy groups -OCH3 is 2. The number of amidine groups is 1.